The van der Waals surface area contributed by atoms with Gasteiger partial charge in [-0.25, -0.2) is 13.4 Å². The van der Waals surface area contributed by atoms with Crippen LogP contribution < -0.4 is 0 Å². The van der Waals surface area contributed by atoms with E-state index in [2.05, 4.69) is 15.9 Å². The highest BCUT2D eigenvalue weighted by atomic mass is 79.9. The van der Waals surface area contributed by atoms with Crippen LogP contribution in [0.5, 0.6) is 0 Å². The van der Waals surface area contributed by atoms with Gasteiger partial charge in [-0.2, -0.15) is 4.31 Å². The van der Waals surface area contributed by atoms with Crippen LogP contribution in [0.2, 0.25) is 0 Å². The Bertz CT molecular complexity index is 616. The Morgan fingerprint density at radius 2 is 2.27 bits per heavy atom. The molecule has 0 aliphatic carbocycles. The van der Waals surface area contributed by atoms with Gasteiger partial charge < -0.3 is 10.2 Å². The Hall–Kier alpha value is -1.03. The molecule has 3 unspecified atom stereocenters. The molecule has 22 heavy (non-hydrogen) atoms. The van der Waals surface area contributed by atoms with E-state index in [1.54, 1.807) is 0 Å². The van der Waals surface area contributed by atoms with Crippen molar-refractivity contribution in [1.29, 1.82) is 0 Å². The van der Waals surface area contributed by atoms with Gasteiger partial charge in [0.2, 0.25) is 0 Å². The molecule has 6 nitrogen and oxygen atoms in total. The Labute approximate surface area is 137 Å². The predicted octanol–water partition coefficient (Wildman–Crippen LogP) is 2.53. The summed E-state index contributed by atoms with van der Waals surface area (Å²) in [4.78, 5) is 11.5. The topological polar surface area (TPSA) is 87.1 Å². The average Bonchev–Trinajstić information content (AvgIpc) is 2.70. The van der Waals surface area contributed by atoms with Crippen LogP contribution in [0.3, 0.4) is 0 Å². The second-order valence-corrected chi connectivity index (χ2v) is 6.92. The number of rotatable bonds is 4. The lowest BCUT2D eigenvalue weighted by atomic mass is 9.84. The normalized spacial score (nSPS) is 28.1. The van der Waals surface area contributed by atoms with Crippen LogP contribution in [0.15, 0.2) is 22.7 Å². The van der Waals surface area contributed by atoms with Gasteiger partial charge >= 0.3 is 6.09 Å². The molecule has 0 aromatic heterocycles. The van der Waals surface area contributed by atoms with Crippen molar-refractivity contribution in [3.63, 3.8) is 0 Å². The molecule has 1 aromatic carbocycles. The van der Waals surface area contributed by atoms with Crippen molar-refractivity contribution < 1.29 is 27.8 Å². The number of halogens is 2. The van der Waals surface area contributed by atoms with Gasteiger partial charge in [0.1, 0.15) is 17.5 Å². The molecule has 3 atom stereocenters. The van der Waals surface area contributed by atoms with Crippen molar-refractivity contribution in [1.82, 2.24) is 4.31 Å². The van der Waals surface area contributed by atoms with Crippen LogP contribution in [-0.4, -0.2) is 37.5 Å². The van der Waals surface area contributed by atoms with Gasteiger partial charge in [-0.15, -0.1) is 0 Å². The molecule has 1 fully saturated rings. The lowest BCUT2D eigenvalue weighted by Gasteiger charge is -2.34. The van der Waals surface area contributed by atoms with E-state index in [4.69, 9.17) is 9.29 Å². The van der Waals surface area contributed by atoms with E-state index in [0.717, 1.165) is 0 Å². The highest BCUT2D eigenvalue weighted by molar-refractivity contribution is 9.10. The fourth-order valence-corrected chi connectivity index (χ4v) is 4.14. The zero-order valence-electron chi connectivity index (χ0n) is 11.7. The summed E-state index contributed by atoms with van der Waals surface area (Å²) < 4.78 is 32.7. The van der Waals surface area contributed by atoms with E-state index < -0.39 is 34.8 Å². The highest BCUT2D eigenvalue weighted by Crippen LogP contribution is 2.44. The van der Waals surface area contributed by atoms with Gasteiger partial charge in [-0.1, -0.05) is 15.9 Å². The number of hydrogen-bond acceptors (Lipinski definition) is 4. The molecular formula is C13H15BrFNO5S. The quantitative estimate of drug-likeness (QED) is 0.817. The van der Waals surface area contributed by atoms with E-state index >= 15 is 0 Å². The molecule has 9 heteroatoms. The SMILES string of the molecule is CC1(c2cc(Br)ccc2F)C(CCCO)OS(=O)N1C(=O)O. The van der Waals surface area contributed by atoms with Crippen molar-refractivity contribution in [3.05, 3.63) is 34.1 Å². The molecule has 0 spiro atoms. The Morgan fingerprint density at radius 3 is 2.86 bits per heavy atom. The van der Waals surface area contributed by atoms with Crippen molar-refractivity contribution in [2.75, 3.05) is 6.61 Å². The second kappa shape index (κ2) is 6.61. The number of amides is 1. The standard InChI is InChI=1S/C13H15BrFNO5S/c1-13(9-7-8(14)4-5-10(9)15)11(3-2-6-17)21-22(20)16(13)12(18)19/h4-5,7,11,17H,2-3,6H2,1H3,(H,18,19). The second-order valence-electron chi connectivity index (χ2n) is 5.02. The lowest BCUT2D eigenvalue weighted by Crippen LogP contribution is -2.48. The third kappa shape index (κ3) is 2.90. The molecule has 1 aliphatic heterocycles. The number of benzene rings is 1. The van der Waals surface area contributed by atoms with E-state index in [1.165, 1.54) is 25.1 Å². The molecule has 1 aliphatic rings. The molecule has 1 aromatic rings. The maximum absolute atomic E-state index is 14.3. The van der Waals surface area contributed by atoms with Gasteiger partial charge in [0.05, 0.1) is 0 Å². The Morgan fingerprint density at radius 1 is 1.59 bits per heavy atom. The number of carbonyl (C=O) groups is 1. The molecule has 0 radical (unpaired) electrons. The summed E-state index contributed by atoms with van der Waals surface area (Å²) in [5.74, 6) is -0.617. The minimum Gasteiger partial charge on any atom is -0.464 e. The summed E-state index contributed by atoms with van der Waals surface area (Å²) in [5, 5.41) is 18.3. The number of aliphatic hydroxyl groups is 1. The number of hydrogen-bond donors (Lipinski definition) is 2. The third-order valence-corrected chi connectivity index (χ3v) is 5.39. The predicted molar refractivity (Wildman–Crippen MR) is 80.7 cm³/mol. The van der Waals surface area contributed by atoms with E-state index in [9.17, 15) is 18.5 Å². The summed E-state index contributed by atoms with van der Waals surface area (Å²) in [5.41, 5.74) is -1.39. The summed E-state index contributed by atoms with van der Waals surface area (Å²) in [6, 6.07) is 4.14. The van der Waals surface area contributed by atoms with Crippen molar-refractivity contribution in [3.8, 4) is 0 Å². The van der Waals surface area contributed by atoms with Gasteiger partial charge in [0, 0.05) is 16.6 Å². The molecule has 0 bridgehead atoms. The summed E-state index contributed by atoms with van der Waals surface area (Å²) in [7, 11) is 0. The van der Waals surface area contributed by atoms with Crippen molar-refractivity contribution in [2.45, 2.75) is 31.4 Å². The van der Waals surface area contributed by atoms with Crippen LogP contribution in [0.1, 0.15) is 25.3 Å². The zero-order valence-corrected chi connectivity index (χ0v) is 14.1. The maximum atomic E-state index is 14.3. The van der Waals surface area contributed by atoms with Gasteiger partial charge in [-0.05, 0) is 38.0 Å². The van der Waals surface area contributed by atoms with E-state index in [1.807, 2.05) is 0 Å². The van der Waals surface area contributed by atoms with Crippen LogP contribution in [0.25, 0.3) is 0 Å². The fraction of sp³-hybridized carbons (Fsp3) is 0.462. The van der Waals surface area contributed by atoms with Crippen LogP contribution in [0, 0.1) is 5.82 Å². The molecule has 0 saturated carbocycles. The number of nitrogens with zero attached hydrogens (tertiary/aromatic N) is 1. The van der Waals surface area contributed by atoms with Gasteiger partial charge in [0.25, 0.3) is 11.3 Å². The Balaban J connectivity index is 2.57. The average molecular weight is 396 g/mol. The summed E-state index contributed by atoms with van der Waals surface area (Å²) >= 11 is 0.984. The van der Waals surface area contributed by atoms with E-state index in [-0.39, 0.29) is 18.6 Å². The van der Waals surface area contributed by atoms with Crippen molar-refractivity contribution >= 4 is 33.3 Å². The molecular weight excluding hydrogens is 381 g/mol. The first-order valence-electron chi connectivity index (χ1n) is 6.51. The molecule has 2 N–H and O–H groups in total. The molecule has 1 amide bonds. The Kier molecular flexibility index (Phi) is 5.21. The fourth-order valence-electron chi connectivity index (χ4n) is 2.56. The largest absolute Gasteiger partial charge is 0.464 e. The maximum Gasteiger partial charge on any atom is 0.422 e. The first-order valence-corrected chi connectivity index (χ1v) is 8.33. The van der Waals surface area contributed by atoms with E-state index in [0.29, 0.717) is 15.2 Å². The van der Waals surface area contributed by atoms with Gasteiger partial charge in [-0.3, -0.25) is 4.18 Å². The molecule has 2 rings (SSSR count). The number of carboxylic acid groups (broad SMARTS) is 1. The summed E-state index contributed by atoms with van der Waals surface area (Å²) in [6.45, 7) is 1.34. The minimum atomic E-state index is -2.24. The van der Waals surface area contributed by atoms with Crippen LogP contribution in [0.4, 0.5) is 9.18 Å². The first-order chi connectivity index (χ1) is 10.3. The smallest absolute Gasteiger partial charge is 0.422 e. The highest BCUT2D eigenvalue weighted by Gasteiger charge is 2.56. The molecule has 1 saturated heterocycles. The number of aliphatic hydroxyl groups excluding tert-OH is 1. The first kappa shape index (κ1) is 17.3. The lowest BCUT2D eigenvalue weighted by molar-refractivity contribution is 0.0865. The molecule has 122 valence electrons. The zero-order chi connectivity index (χ0) is 16.5. The van der Waals surface area contributed by atoms with Crippen LogP contribution in [-0.2, 0) is 21.0 Å². The minimum absolute atomic E-state index is 0.0677. The third-order valence-electron chi connectivity index (χ3n) is 3.67. The summed E-state index contributed by atoms with van der Waals surface area (Å²) in [6.07, 6.45) is -1.73. The van der Waals surface area contributed by atoms with Crippen molar-refractivity contribution in [2.24, 2.45) is 0 Å². The molecule has 1 heterocycles. The van der Waals surface area contributed by atoms with Crippen LogP contribution >= 0.6 is 15.9 Å². The monoisotopic (exact) mass is 395 g/mol. The van der Waals surface area contributed by atoms with Gasteiger partial charge in [0.15, 0.2) is 0 Å².